The summed E-state index contributed by atoms with van der Waals surface area (Å²) >= 11 is 0. The van der Waals surface area contributed by atoms with E-state index >= 15 is 0 Å². The summed E-state index contributed by atoms with van der Waals surface area (Å²) in [6.07, 6.45) is -4.57. The smallest absolute Gasteiger partial charge is 0.329 e. The molecule has 7 nitrogen and oxygen atoms in total. The molecule has 0 aliphatic carbocycles. The second-order valence-electron chi connectivity index (χ2n) is 5.83. The highest BCUT2D eigenvalue weighted by molar-refractivity contribution is 5.96. The van der Waals surface area contributed by atoms with E-state index in [0.29, 0.717) is 5.69 Å². The lowest BCUT2D eigenvalue weighted by Gasteiger charge is -2.17. The van der Waals surface area contributed by atoms with Gasteiger partial charge in [0.1, 0.15) is 6.54 Å². The largest absolute Gasteiger partial charge is 0.405 e. The molecule has 144 valence electrons. The number of para-hydroxylation sites is 1. The molecular formula is C16H21F3N4O3. The van der Waals surface area contributed by atoms with Gasteiger partial charge in [-0.25, -0.2) is 4.79 Å². The van der Waals surface area contributed by atoms with Crippen molar-refractivity contribution in [1.82, 2.24) is 15.5 Å². The summed E-state index contributed by atoms with van der Waals surface area (Å²) < 4.78 is 35.9. The first kappa shape index (κ1) is 21.4. The second-order valence-corrected chi connectivity index (χ2v) is 5.83. The molecule has 1 aromatic carbocycles. The van der Waals surface area contributed by atoms with Gasteiger partial charge in [0.2, 0.25) is 11.8 Å². The molecule has 0 aliphatic rings. The molecule has 26 heavy (non-hydrogen) atoms. The number of likely N-dealkylation sites (N-methyl/N-ethyl adjacent to an activating group) is 1. The number of carbonyl (C=O) groups is 3. The Kier molecular flexibility index (Phi) is 7.56. The first-order chi connectivity index (χ1) is 12.0. The minimum atomic E-state index is -4.57. The maximum absolute atomic E-state index is 12.1. The minimum absolute atomic E-state index is 0.134. The summed E-state index contributed by atoms with van der Waals surface area (Å²) in [5.41, 5.74) is 2.46. The van der Waals surface area contributed by atoms with Gasteiger partial charge in [0, 0.05) is 5.69 Å². The van der Waals surface area contributed by atoms with E-state index in [1.165, 1.54) is 17.3 Å². The Morgan fingerprint density at radius 3 is 2.12 bits per heavy atom. The third kappa shape index (κ3) is 7.97. The lowest BCUT2D eigenvalue weighted by molar-refractivity contribution is -0.125. The van der Waals surface area contributed by atoms with Crippen molar-refractivity contribution in [2.24, 2.45) is 0 Å². The van der Waals surface area contributed by atoms with Gasteiger partial charge in [-0.2, -0.15) is 13.2 Å². The molecule has 10 heteroatoms. The molecular weight excluding hydrogens is 353 g/mol. The van der Waals surface area contributed by atoms with Gasteiger partial charge in [0.15, 0.2) is 0 Å². The predicted octanol–water partition coefficient (Wildman–Crippen LogP) is 1.56. The second kappa shape index (κ2) is 9.18. The maximum atomic E-state index is 12.1. The highest BCUT2D eigenvalue weighted by Crippen LogP contribution is 2.19. The Morgan fingerprint density at radius 1 is 1.04 bits per heavy atom. The molecule has 0 spiro atoms. The average Bonchev–Trinajstić information content (AvgIpc) is 2.48. The SMILES string of the molecule is Cc1cccc(C)c1NC(=O)CN(C)CC(=O)NC(=O)NCC(F)(F)F. The molecule has 0 saturated heterocycles. The number of rotatable bonds is 6. The fraction of sp³-hybridized carbons (Fsp3) is 0.438. The van der Waals surface area contributed by atoms with E-state index in [2.05, 4.69) is 5.32 Å². The van der Waals surface area contributed by atoms with Crippen molar-refractivity contribution in [3.63, 3.8) is 0 Å². The van der Waals surface area contributed by atoms with Gasteiger partial charge in [-0.15, -0.1) is 0 Å². The maximum Gasteiger partial charge on any atom is 0.405 e. The number of halogens is 3. The molecule has 0 aliphatic heterocycles. The predicted molar refractivity (Wildman–Crippen MR) is 89.6 cm³/mol. The number of nitrogens with zero attached hydrogens (tertiary/aromatic N) is 1. The zero-order chi connectivity index (χ0) is 19.9. The van der Waals surface area contributed by atoms with Crippen molar-refractivity contribution in [1.29, 1.82) is 0 Å². The van der Waals surface area contributed by atoms with Crippen LogP contribution in [0.15, 0.2) is 18.2 Å². The summed E-state index contributed by atoms with van der Waals surface area (Å²) in [5.74, 6) is -1.19. The Morgan fingerprint density at radius 2 is 1.58 bits per heavy atom. The van der Waals surface area contributed by atoms with Crippen LogP contribution in [0.3, 0.4) is 0 Å². The third-order valence-corrected chi connectivity index (χ3v) is 3.27. The van der Waals surface area contributed by atoms with Crippen LogP contribution in [0.2, 0.25) is 0 Å². The number of aryl methyl sites for hydroxylation is 2. The highest BCUT2D eigenvalue weighted by atomic mass is 19.4. The zero-order valence-electron chi connectivity index (χ0n) is 14.7. The summed E-state index contributed by atoms with van der Waals surface area (Å²) in [7, 11) is 1.47. The standard InChI is InChI=1S/C16H21F3N4O3/c1-10-5-4-6-11(2)14(10)21-12(24)7-23(3)8-13(25)22-15(26)20-9-16(17,18)19/h4-6H,7-9H2,1-3H3,(H,21,24)(H2,20,22,25,26). The molecule has 0 bridgehead atoms. The molecule has 0 aromatic heterocycles. The summed E-state index contributed by atoms with van der Waals surface area (Å²) in [6, 6.07) is 4.31. The number of alkyl halides is 3. The fourth-order valence-corrected chi connectivity index (χ4v) is 2.13. The van der Waals surface area contributed by atoms with Gasteiger partial charge >= 0.3 is 12.2 Å². The van der Waals surface area contributed by atoms with Crippen molar-refractivity contribution in [3.05, 3.63) is 29.3 Å². The highest BCUT2D eigenvalue weighted by Gasteiger charge is 2.28. The van der Waals surface area contributed by atoms with Crippen LogP contribution in [0, 0.1) is 13.8 Å². The van der Waals surface area contributed by atoms with E-state index in [1.54, 1.807) is 5.32 Å². The van der Waals surface area contributed by atoms with Crippen LogP contribution in [0.5, 0.6) is 0 Å². The van der Waals surface area contributed by atoms with Crippen LogP contribution in [-0.2, 0) is 9.59 Å². The van der Waals surface area contributed by atoms with Crippen molar-refractivity contribution in [3.8, 4) is 0 Å². The molecule has 0 fully saturated rings. The van der Waals surface area contributed by atoms with Crippen LogP contribution < -0.4 is 16.0 Å². The number of carbonyl (C=O) groups excluding carboxylic acids is 3. The van der Waals surface area contributed by atoms with Crippen LogP contribution in [-0.4, -0.2) is 55.6 Å². The molecule has 0 atom stereocenters. The molecule has 0 saturated carbocycles. The van der Waals surface area contributed by atoms with E-state index in [0.717, 1.165) is 11.1 Å². The topological polar surface area (TPSA) is 90.5 Å². The molecule has 0 unspecified atom stereocenters. The van der Waals surface area contributed by atoms with Crippen molar-refractivity contribution >= 4 is 23.5 Å². The van der Waals surface area contributed by atoms with E-state index < -0.39 is 24.7 Å². The van der Waals surface area contributed by atoms with Gasteiger partial charge in [-0.1, -0.05) is 18.2 Å². The van der Waals surface area contributed by atoms with Gasteiger partial charge in [-0.05, 0) is 32.0 Å². The Balaban J connectivity index is 2.43. The minimum Gasteiger partial charge on any atom is -0.329 e. The molecule has 0 radical (unpaired) electrons. The van der Waals surface area contributed by atoms with Crippen molar-refractivity contribution < 1.29 is 27.6 Å². The number of hydrogen-bond acceptors (Lipinski definition) is 4. The molecule has 1 aromatic rings. The first-order valence-corrected chi connectivity index (χ1v) is 7.67. The molecule has 3 N–H and O–H groups in total. The lowest BCUT2D eigenvalue weighted by Crippen LogP contribution is -2.47. The van der Waals surface area contributed by atoms with E-state index in [-0.39, 0.29) is 19.0 Å². The average molecular weight is 374 g/mol. The number of imide groups is 1. The number of urea groups is 1. The first-order valence-electron chi connectivity index (χ1n) is 7.67. The van der Waals surface area contributed by atoms with Gasteiger partial charge < -0.3 is 10.6 Å². The number of nitrogens with one attached hydrogen (secondary N) is 3. The number of amides is 4. The van der Waals surface area contributed by atoms with Gasteiger partial charge in [-0.3, -0.25) is 19.8 Å². The normalized spacial score (nSPS) is 11.2. The number of benzene rings is 1. The summed E-state index contributed by atoms with van der Waals surface area (Å²) in [5, 5.41) is 6.02. The van der Waals surface area contributed by atoms with Crippen molar-refractivity contribution in [2.75, 3.05) is 32.0 Å². The zero-order valence-corrected chi connectivity index (χ0v) is 14.7. The lowest BCUT2D eigenvalue weighted by atomic mass is 10.1. The van der Waals surface area contributed by atoms with E-state index in [1.807, 2.05) is 32.0 Å². The van der Waals surface area contributed by atoms with Crippen LogP contribution >= 0.6 is 0 Å². The number of anilines is 1. The Bertz CT molecular complexity index is 657. The quantitative estimate of drug-likeness (QED) is 0.705. The number of hydrogen-bond donors (Lipinski definition) is 3. The monoisotopic (exact) mass is 374 g/mol. The van der Waals surface area contributed by atoms with Gasteiger partial charge in [0.05, 0.1) is 13.1 Å². The van der Waals surface area contributed by atoms with Gasteiger partial charge in [0.25, 0.3) is 0 Å². The molecule has 0 heterocycles. The Hall–Kier alpha value is -2.62. The molecule has 4 amide bonds. The third-order valence-electron chi connectivity index (χ3n) is 3.27. The fourth-order valence-electron chi connectivity index (χ4n) is 2.13. The molecule has 1 rings (SSSR count). The van der Waals surface area contributed by atoms with Crippen LogP contribution in [0.1, 0.15) is 11.1 Å². The summed E-state index contributed by atoms with van der Waals surface area (Å²) in [6.45, 7) is 1.68. The van der Waals surface area contributed by atoms with Crippen molar-refractivity contribution in [2.45, 2.75) is 20.0 Å². The Labute approximate surface area is 148 Å². The van der Waals surface area contributed by atoms with Crippen LogP contribution in [0.4, 0.5) is 23.7 Å². The van der Waals surface area contributed by atoms with Crippen LogP contribution in [0.25, 0.3) is 0 Å². The van der Waals surface area contributed by atoms with E-state index in [9.17, 15) is 27.6 Å². The van der Waals surface area contributed by atoms with E-state index in [4.69, 9.17) is 0 Å². The summed E-state index contributed by atoms with van der Waals surface area (Å²) in [4.78, 5) is 36.2.